The molecule has 0 saturated carbocycles. The van der Waals surface area contributed by atoms with Crippen LogP contribution in [0.15, 0.2) is 4.99 Å². The van der Waals surface area contributed by atoms with E-state index < -0.39 is 12.0 Å². The van der Waals surface area contributed by atoms with E-state index in [2.05, 4.69) is 20.9 Å². The molecular formula is C7H10BrNO3. The van der Waals surface area contributed by atoms with Crippen LogP contribution in [0.5, 0.6) is 0 Å². The molecule has 1 atom stereocenters. The third-order valence-electron chi connectivity index (χ3n) is 1.09. The lowest BCUT2D eigenvalue weighted by atomic mass is 10.3. The summed E-state index contributed by atoms with van der Waals surface area (Å²) >= 11 is 3.01. The summed E-state index contributed by atoms with van der Waals surface area (Å²) in [4.78, 5) is 24.6. The van der Waals surface area contributed by atoms with E-state index in [4.69, 9.17) is 5.11 Å². The topological polar surface area (TPSA) is 66.7 Å². The Labute approximate surface area is 78.8 Å². The number of Topliss-reactive ketones (excluding diaryl/α,β-unsaturated/α-hetero) is 1. The highest BCUT2D eigenvalue weighted by atomic mass is 79.9. The second-order valence-corrected chi connectivity index (χ2v) is 3.31. The normalized spacial score (nSPS) is 14.1. The van der Waals surface area contributed by atoms with E-state index in [1.807, 2.05) is 0 Å². The Morgan fingerprint density at radius 3 is 2.42 bits per heavy atom. The van der Waals surface area contributed by atoms with Gasteiger partial charge in [0.25, 0.3) is 0 Å². The molecule has 0 aliphatic heterocycles. The molecule has 4 nitrogen and oxygen atoms in total. The van der Waals surface area contributed by atoms with E-state index in [1.165, 1.54) is 13.8 Å². The van der Waals surface area contributed by atoms with Crippen LogP contribution in [0, 0.1) is 0 Å². The van der Waals surface area contributed by atoms with Gasteiger partial charge in [-0.25, -0.2) is 4.79 Å². The molecule has 0 aliphatic rings. The number of nitrogens with zero attached hydrogens (tertiary/aromatic N) is 1. The molecule has 1 N–H and O–H groups in total. The number of carboxylic acids is 1. The van der Waals surface area contributed by atoms with Gasteiger partial charge in [-0.3, -0.25) is 9.79 Å². The second-order valence-electron chi connectivity index (χ2n) is 2.40. The smallest absolute Gasteiger partial charge is 0.328 e. The second kappa shape index (κ2) is 5.03. The van der Waals surface area contributed by atoms with E-state index >= 15 is 0 Å². The number of aliphatic imine (C=N–C) groups is 1. The van der Waals surface area contributed by atoms with E-state index in [0.29, 0.717) is 4.62 Å². The Bertz CT molecular complexity index is 225. The van der Waals surface area contributed by atoms with Gasteiger partial charge in [0.2, 0.25) is 0 Å². The summed E-state index contributed by atoms with van der Waals surface area (Å²) < 4.78 is 0.380. The van der Waals surface area contributed by atoms with E-state index in [9.17, 15) is 9.59 Å². The highest BCUT2D eigenvalue weighted by molar-refractivity contribution is 9.18. The van der Waals surface area contributed by atoms with Crippen LogP contribution < -0.4 is 0 Å². The van der Waals surface area contributed by atoms with Crippen molar-refractivity contribution in [2.24, 2.45) is 4.99 Å². The van der Waals surface area contributed by atoms with Crippen molar-refractivity contribution in [3.63, 3.8) is 0 Å². The van der Waals surface area contributed by atoms with Crippen LogP contribution >= 0.6 is 15.9 Å². The SMILES string of the molecule is CC(=O)CC(Br)=N[C@@H](C)C(=O)O. The van der Waals surface area contributed by atoms with Gasteiger partial charge >= 0.3 is 5.97 Å². The molecule has 0 radical (unpaired) electrons. The van der Waals surface area contributed by atoms with Gasteiger partial charge in [0, 0.05) is 0 Å². The molecule has 0 unspecified atom stereocenters. The van der Waals surface area contributed by atoms with Crippen molar-refractivity contribution >= 4 is 32.3 Å². The zero-order chi connectivity index (χ0) is 9.72. The summed E-state index contributed by atoms with van der Waals surface area (Å²) in [5.41, 5.74) is 0. The standard InChI is InChI=1S/C7H10BrNO3/c1-4(10)3-6(8)9-5(2)7(11)12/h5H,3H2,1-2H3,(H,11,12)/t5-/m0/s1. The Morgan fingerprint density at radius 1 is 1.58 bits per heavy atom. The number of aliphatic carboxylic acids is 1. The van der Waals surface area contributed by atoms with E-state index in [1.54, 1.807) is 0 Å². The first-order chi connectivity index (χ1) is 5.43. The van der Waals surface area contributed by atoms with Crippen molar-refractivity contribution in [3.05, 3.63) is 0 Å². The van der Waals surface area contributed by atoms with Crippen LogP contribution in [-0.2, 0) is 9.59 Å². The van der Waals surface area contributed by atoms with Crippen molar-refractivity contribution in [1.82, 2.24) is 0 Å². The minimum absolute atomic E-state index is 0.0526. The van der Waals surface area contributed by atoms with Gasteiger partial charge in [-0.05, 0) is 29.8 Å². The lowest BCUT2D eigenvalue weighted by Crippen LogP contribution is -2.14. The largest absolute Gasteiger partial charge is 0.480 e. The summed E-state index contributed by atoms with van der Waals surface area (Å²) in [5.74, 6) is -1.06. The zero-order valence-electron chi connectivity index (χ0n) is 6.87. The van der Waals surface area contributed by atoms with Gasteiger partial charge in [-0.2, -0.15) is 0 Å². The number of carboxylic acid groups (broad SMARTS) is 1. The Kier molecular flexibility index (Phi) is 4.73. The fourth-order valence-electron chi connectivity index (χ4n) is 0.516. The molecule has 0 bridgehead atoms. The van der Waals surface area contributed by atoms with Crippen molar-refractivity contribution < 1.29 is 14.7 Å². The predicted octanol–water partition coefficient (Wildman–Crippen LogP) is 1.23. The molecule has 12 heavy (non-hydrogen) atoms. The maximum Gasteiger partial charge on any atom is 0.328 e. The average Bonchev–Trinajstić information content (AvgIpc) is 1.84. The van der Waals surface area contributed by atoms with Gasteiger partial charge in [0.05, 0.1) is 11.0 Å². The lowest BCUT2D eigenvalue weighted by Gasteiger charge is -1.99. The summed E-state index contributed by atoms with van der Waals surface area (Å²) in [6.07, 6.45) is 0.150. The first-order valence-electron chi connectivity index (χ1n) is 3.38. The van der Waals surface area contributed by atoms with Crippen molar-refractivity contribution in [2.45, 2.75) is 26.3 Å². The Hall–Kier alpha value is -0.710. The molecule has 0 aromatic heterocycles. The number of carbonyl (C=O) groups excluding carboxylic acids is 1. The Balaban J connectivity index is 4.15. The Morgan fingerprint density at radius 2 is 2.08 bits per heavy atom. The van der Waals surface area contributed by atoms with E-state index in [0.717, 1.165) is 0 Å². The van der Waals surface area contributed by atoms with E-state index in [-0.39, 0.29) is 12.2 Å². The minimum atomic E-state index is -1.00. The number of hydrogen-bond acceptors (Lipinski definition) is 3. The van der Waals surface area contributed by atoms with Crippen LogP contribution in [0.1, 0.15) is 20.3 Å². The van der Waals surface area contributed by atoms with Crippen LogP contribution in [0.25, 0.3) is 0 Å². The highest BCUT2D eigenvalue weighted by Gasteiger charge is 2.09. The van der Waals surface area contributed by atoms with Gasteiger partial charge in [0.1, 0.15) is 11.8 Å². The fraction of sp³-hybridized carbons (Fsp3) is 0.571. The third-order valence-corrected chi connectivity index (χ3v) is 1.57. The molecule has 0 rings (SSSR count). The molecule has 0 heterocycles. The number of carbonyl (C=O) groups is 2. The molecule has 5 heteroatoms. The van der Waals surface area contributed by atoms with Gasteiger partial charge < -0.3 is 5.11 Å². The number of hydrogen-bond donors (Lipinski definition) is 1. The highest BCUT2D eigenvalue weighted by Crippen LogP contribution is 2.01. The predicted molar refractivity (Wildman–Crippen MR) is 48.8 cm³/mol. The first kappa shape index (κ1) is 11.3. The molecule has 0 fully saturated rings. The summed E-state index contributed by atoms with van der Waals surface area (Å²) in [6.45, 7) is 2.87. The quantitative estimate of drug-likeness (QED) is 0.746. The van der Waals surface area contributed by atoms with Crippen LogP contribution in [0.2, 0.25) is 0 Å². The molecule has 0 spiro atoms. The lowest BCUT2D eigenvalue weighted by molar-refractivity contribution is -0.138. The number of halogens is 1. The third kappa shape index (κ3) is 5.01. The molecule has 0 aromatic rings. The van der Waals surface area contributed by atoms with Crippen LogP contribution in [0.4, 0.5) is 0 Å². The van der Waals surface area contributed by atoms with Crippen molar-refractivity contribution in [1.29, 1.82) is 0 Å². The fourth-order valence-corrected chi connectivity index (χ4v) is 1.22. The average molecular weight is 236 g/mol. The van der Waals surface area contributed by atoms with Gasteiger partial charge in [-0.1, -0.05) is 0 Å². The molecule has 0 aliphatic carbocycles. The molecule has 0 aromatic carbocycles. The maximum absolute atomic E-state index is 10.5. The zero-order valence-corrected chi connectivity index (χ0v) is 8.46. The molecular weight excluding hydrogens is 226 g/mol. The van der Waals surface area contributed by atoms with Crippen molar-refractivity contribution in [2.75, 3.05) is 0 Å². The molecule has 0 amide bonds. The van der Waals surface area contributed by atoms with Crippen LogP contribution in [0.3, 0.4) is 0 Å². The van der Waals surface area contributed by atoms with Gasteiger partial charge in [0.15, 0.2) is 0 Å². The summed E-state index contributed by atoms with van der Waals surface area (Å²) in [6, 6.07) is -0.807. The first-order valence-corrected chi connectivity index (χ1v) is 4.17. The number of rotatable bonds is 4. The summed E-state index contributed by atoms with van der Waals surface area (Å²) in [7, 11) is 0. The maximum atomic E-state index is 10.5. The monoisotopic (exact) mass is 235 g/mol. The van der Waals surface area contributed by atoms with Gasteiger partial charge in [-0.15, -0.1) is 0 Å². The minimum Gasteiger partial charge on any atom is -0.480 e. The van der Waals surface area contributed by atoms with Crippen molar-refractivity contribution in [3.8, 4) is 0 Å². The molecule has 68 valence electrons. The molecule has 0 saturated heterocycles. The van der Waals surface area contributed by atoms with Crippen LogP contribution in [-0.4, -0.2) is 27.5 Å². The number of ketones is 1. The summed E-state index contributed by atoms with van der Waals surface area (Å²) in [5, 5.41) is 8.45.